The van der Waals surface area contributed by atoms with Crippen LogP contribution in [0.2, 0.25) is 0 Å². The molecule has 1 aliphatic rings. The van der Waals surface area contributed by atoms with E-state index >= 15 is 0 Å². The molecule has 1 fully saturated rings. The first-order valence-corrected chi connectivity index (χ1v) is 9.40. The zero-order chi connectivity index (χ0) is 18.2. The third-order valence-electron chi connectivity index (χ3n) is 4.74. The van der Waals surface area contributed by atoms with Crippen LogP contribution in [0.5, 0.6) is 0 Å². The lowest BCUT2D eigenvalue weighted by Crippen LogP contribution is -2.37. The van der Waals surface area contributed by atoms with Crippen LogP contribution < -0.4 is 10.6 Å². The van der Waals surface area contributed by atoms with Crippen molar-refractivity contribution in [2.45, 2.75) is 32.2 Å². The predicted molar refractivity (Wildman–Crippen MR) is 103 cm³/mol. The van der Waals surface area contributed by atoms with E-state index in [0.717, 1.165) is 25.5 Å². The molecule has 1 aliphatic heterocycles. The summed E-state index contributed by atoms with van der Waals surface area (Å²) in [4.78, 5) is 23.2. The first kappa shape index (κ1) is 18.3. The fourth-order valence-corrected chi connectivity index (χ4v) is 3.39. The van der Waals surface area contributed by atoms with Gasteiger partial charge in [0, 0.05) is 37.2 Å². The van der Waals surface area contributed by atoms with Gasteiger partial charge in [-0.1, -0.05) is 12.5 Å². The zero-order valence-corrected chi connectivity index (χ0v) is 15.3. The lowest BCUT2D eigenvalue weighted by molar-refractivity contribution is 0.0955. The molecule has 2 N–H and O–H groups in total. The van der Waals surface area contributed by atoms with Crippen LogP contribution in [-0.4, -0.2) is 47.0 Å². The van der Waals surface area contributed by atoms with E-state index in [9.17, 15) is 4.79 Å². The number of aromatic nitrogens is 2. The summed E-state index contributed by atoms with van der Waals surface area (Å²) in [6.07, 6.45) is 9.21. The highest BCUT2D eigenvalue weighted by Crippen LogP contribution is 2.24. The van der Waals surface area contributed by atoms with Gasteiger partial charge in [-0.25, -0.2) is 4.98 Å². The number of rotatable bonds is 7. The SMILES string of the molecule is CCNC(=O)c1ccnc(NCC(c2cccnc2)N2CCCCC2)c1. The Hall–Kier alpha value is -2.47. The first-order chi connectivity index (χ1) is 12.8. The van der Waals surface area contributed by atoms with Gasteiger partial charge in [0.1, 0.15) is 5.82 Å². The van der Waals surface area contributed by atoms with E-state index in [1.54, 1.807) is 12.3 Å². The minimum atomic E-state index is -0.0715. The Morgan fingerprint density at radius 1 is 1.23 bits per heavy atom. The van der Waals surface area contributed by atoms with Crippen molar-refractivity contribution in [2.24, 2.45) is 0 Å². The van der Waals surface area contributed by atoms with E-state index in [-0.39, 0.29) is 11.9 Å². The van der Waals surface area contributed by atoms with Crippen molar-refractivity contribution in [3.63, 3.8) is 0 Å². The van der Waals surface area contributed by atoms with Crippen LogP contribution in [0, 0.1) is 0 Å². The molecule has 2 aromatic rings. The van der Waals surface area contributed by atoms with Crippen molar-refractivity contribution in [1.29, 1.82) is 0 Å². The van der Waals surface area contributed by atoms with Crippen molar-refractivity contribution in [3.05, 3.63) is 54.0 Å². The lowest BCUT2D eigenvalue weighted by Gasteiger charge is -2.35. The van der Waals surface area contributed by atoms with Crippen LogP contribution >= 0.6 is 0 Å². The number of hydrogen-bond donors (Lipinski definition) is 2. The number of nitrogens with zero attached hydrogens (tertiary/aromatic N) is 3. The number of carbonyl (C=O) groups excluding carboxylic acids is 1. The monoisotopic (exact) mass is 353 g/mol. The molecule has 0 aromatic carbocycles. The Labute approximate surface area is 155 Å². The highest BCUT2D eigenvalue weighted by molar-refractivity contribution is 5.94. The molecule has 0 bridgehead atoms. The maximum absolute atomic E-state index is 12.0. The summed E-state index contributed by atoms with van der Waals surface area (Å²) in [6.45, 7) is 5.47. The number of nitrogens with one attached hydrogen (secondary N) is 2. The van der Waals surface area contributed by atoms with Crippen LogP contribution in [-0.2, 0) is 0 Å². The summed E-state index contributed by atoms with van der Waals surface area (Å²) >= 11 is 0. The minimum Gasteiger partial charge on any atom is -0.368 e. The van der Waals surface area contributed by atoms with Crippen LogP contribution in [0.15, 0.2) is 42.9 Å². The number of piperidine rings is 1. The summed E-state index contributed by atoms with van der Waals surface area (Å²) < 4.78 is 0. The van der Waals surface area contributed by atoms with Crippen molar-refractivity contribution in [2.75, 3.05) is 31.5 Å². The molecule has 1 amide bonds. The quantitative estimate of drug-likeness (QED) is 0.801. The first-order valence-electron chi connectivity index (χ1n) is 9.40. The van der Waals surface area contributed by atoms with E-state index in [0.29, 0.717) is 12.1 Å². The van der Waals surface area contributed by atoms with Crippen molar-refractivity contribution < 1.29 is 4.79 Å². The highest BCUT2D eigenvalue weighted by Gasteiger charge is 2.22. The van der Waals surface area contributed by atoms with E-state index in [2.05, 4.69) is 31.6 Å². The van der Waals surface area contributed by atoms with Gasteiger partial charge in [0.15, 0.2) is 0 Å². The smallest absolute Gasteiger partial charge is 0.251 e. The number of pyridine rings is 2. The molecule has 3 rings (SSSR count). The molecule has 1 saturated heterocycles. The largest absolute Gasteiger partial charge is 0.368 e. The molecule has 0 radical (unpaired) electrons. The van der Waals surface area contributed by atoms with Crippen LogP contribution in [0.4, 0.5) is 5.82 Å². The maximum Gasteiger partial charge on any atom is 0.251 e. The maximum atomic E-state index is 12.0. The van der Waals surface area contributed by atoms with Gasteiger partial charge in [0.25, 0.3) is 5.91 Å². The zero-order valence-electron chi connectivity index (χ0n) is 15.3. The average Bonchev–Trinajstić information content (AvgIpc) is 2.70. The van der Waals surface area contributed by atoms with E-state index in [4.69, 9.17) is 0 Å². The molecule has 0 spiro atoms. The number of hydrogen-bond acceptors (Lipinski definition) is 5. The Morgan fingerprint density at radius 3 is 2.81 bits per heavy atom. The number of amides is 1. The third-order valence-corrected chi connectivity index (χ3v) is 4.74. The molecule has 3 heterocycles. The molecule has 0 saturated carbocycles. The average molecular weight is 353 g/mol. The Bertz CT molecular complexity index is 700. The minimum absolute atomic E-state index is 0.0715. The molecule has 138 valence electrons. The summed E-state index contributed by atoms with van der Waals surface area (Å²) in [5.74, 6) is 0.650. The normalized spacial score (nSPS) is 16.0. The molecule has 1 unspecified atom stereocenters. The Morgan fingerprint density at radius 2 is 2.08 bits per heavy atom. The summed E-state index contributed by atoms with van der Waals surface area (Å²) in [6, 6.07) is 7.91. The van der Waals surface area contributed by atoms with Crippen molar-refractivity contribution in [3.8, 4) is 0 Å². The molecular formula is C20H27N5O. The second-order valence-electron chi connectivity index (χ2n) is 6.57. The third kappa shape index (κ3) is 4.79. The van der Waals surface area contributed by atoms with Gasteiger partial charge < -0.3 is 10.6 Å². The summed E-state index contributed by atoms with van der Waals surface area (Å²) in [5, 5.41) is 6.24. The van der Waals surface area contributed by atoms with Gasteiger partial charge in [-0.15, -0.1) is 0 Å². The van der Waals surface area contributed by atoms with Gasteiger partial charge in [-0.3, -0.25) is 14.7 Å². The second kappa shape index (κ2) is 9.29. The molecule has 1 atom stereocenters. The number of carbonyl (C=O) groups is 1. The van der Waals surface area contributed by atoms with Crippen molar-refractivity contribution >= 4 is 11.7 Å². The van der Waals surface area contributed by atoms with Gasteiger partial charge in [0.05, 0.1) is 6.04 Å². The van der Waals surface area contributed by atoms with Crippen molar-refractivity contribution in [1.82, 2.24) is 20.2 Å². The predicted octanol–water partition coefficient (Wildman–Crippen LogP) is 2.87. The lowest BCUT2D eigenvalue weighted by atomic mass is 10.0. The summed E-state index contributed by atoms with van der Waals surface area (Å²) in [5.41, 5.74) is 1.84. The molecular weight excluding hydrogens is 326 g/mol. The van der Waals surface area contributed by atoms with Gasteiger partial charge in [-0.2, -0.15) is 0 Å². The second-order valence-corrected chi connectivity index (χ2v) is 6.57. The Balaban J connectivity index is 1.71. The topological polar surface area (TPSA) is 70.1 Å². The van der Waals surface area contributed by atoms with E-state index < -0.39 is 0 Å². The molecule has 2 aromatic heterocycles. The highest BCUT2D eigenvalue weighted by atomic mass is 16.1. The van der Waals surface area contributed by atoms with E-state index in [1.807, 2.05) is 31.5 Å². The van der Waals surface area contributed by atoms with Crippen LogP contribution in [0.1, 0.15) is 48.1 Å². The van der Waals surface area contributed by atoms with E-state index in [1.165, 1.54) is 24.8 Å². The molecule has 26 heavy (non-hydrogen) atoms. The number of likely N-dealkylation sites (tertiary alicyclic amines) is 1. The van der Waals surface area contributed by atoms with Crippen LogP contribution in [0.25, 0.3) is 0 Å². The molecule has 6 heteroatoms. The molecule has 0 aliphatic carbocycles. The Kier molecular flexibility index (Phi) is 6.55. The van der Waals surface area contributed by atoms with Gasteiger partial charge in [-0.05, 0) is 56.6 Å². The van der Waals surface area contributed by atoms with Crippen LogP contribution in [0.3, 0.4) is 0 Å². The fourth-order valence-electron chi connectivity index (χ4n) is 3.39. The standard InChI is InChI=1S/C20H27N5O/c1-2-22-20(26)16-8-10-23-19(13-16)24-15-18(17-7-6-9-21-14-17)25-11-4-3-5-12-25/h6-10,13-14,18H,2-5,11-12,15H2,1H3,(H,22,26)(H,23,24). The van der Waals surface area contributed by atoms with Gasteiger partial charge >= 0.3 is 0 Å². The summed E-state index contributed by atoms with van der Waals surface area (Å²) in [7, 11) is 0. The molecule has 6 nitrogen and oxygen atoms in total. The number of anilines is 1. The fraction of sp³-hybridized carbons (Fsp3) is 0.450. The van der Waals surface area contributed by atoms with Gasteiger partial charge in [0.2, 0.25) is 0 Å².